The van der Waals surface area contributed by atoms with Crippen LogP contribution in [0.2, 0.25) is 5.02 Å². The smallest absolute Gasteiger partial charge is 0.418 e. The number of hydrogen-bond acceptors (Lipinski definition) is 7. The predicted molar refractivity (Wildman–Crippen MR) is 150 cm³/mol. The zero-order valence-electron chi connectivity index (χ0n) is 22.3. The van der Waals surface area contributed by atoms with Crippen molar-refractivity contribution in [2.24, 2.45) is 0 Å². The molecule has 0 spiro atoms. The first-order chi connectivity index (χ1) is 19.5. The lowest BCUT2D eigenvalue weighted by Crippen LogP contribution is -2.48. The lowest BCUT2D eigenvalue weighted by molar-refractivity contribution is -0.137. The first kappa shape index (κ1) is 28.9. The molecule has 2 saturated heterocycles. The molecule has 5 rings (SSSR count). The lowest BCUT2D eigenvalue weighted by Gasteiger charge is -2.35. The van der Waals surface area contributed by atoms with E-state index >= 15 is 0 Å². The fourth-order valence-electron chi connectivity index (χ4n) is 5.27. The molecule has 3 aromatic rings. The Hall–Kier alpha value is -3.64. The van der Waals surface area contributed by atoms with Gasteiger partial charge in [0.2, 0.25) is 11.8 Å². The minimum Gasteiger partial charge on any atom is -0.476 e. The van der Waals surface area contributed by atoms with Gasteiger partial charge in [0.1, 0.15) is 24.4 Å². The molecule has 8 nitrogen and oxygen atoms in total. The Morgan fingerprint density at radius 2 is 1.90 bits per heavy atom. The van der Waals surface area contributed by atoms with Crippen LogP contribution in [-0.2, 0) is 11.0 Å². The van der Waals surface area contributed by atoms with Crippen molar-refractivity contribution in [1.82, 2.24) is 19.8 Å². The number of ether oxygens (including phenoxy) is 1. The van der Waals surface area contributed by atoms with E-state index in [9.17, 15) is 22.4 Å². The Kier molecular flexibility index (Phi) is 7.97. The van der Waals surface area contributed by atoms with Crippen molar-refractivity contribution < 1.29 is 27.1 Å². The molecule has 0 unspecified atom stereocenters. The lowest BCUT2D eigenvalue weighted by atomic mass is 10.0. The number of piperazine rings is 1. The quantitative estimate of drug-likeness (QED) is 0.325. The van der Waals surface area contributed by atoms with Gasteiger partial charge in [-0.15, -0.1) is 0 Å². The maximum absolute atomic E-state index is 14.4. The number of nitrogens with two attached hydrogens (primary N) is 1. The number of benzene rings is 1. The molecule has 218 valence electrons. The Morgan fingerprint density at radius 3 is 2.54 bits per heavy atom. The summed E-state index contributed by atoms with van der Waals surface area (Å²) in [4.78, 5) is 26.3. The normalized spacial score (nSPS) is 20.0. The third-order valence-corrected chi connectivity index (χ3v) is 7.87. The molecule has 2 aliphatic heterocycles. The standard InChI is InChI=1S/C28H29ClF4N6O2/c1-3-25(40)38-8-10-39(11-9-38)27-17-14-20(29)18(26-19(28(31,32)33)4-5-23(34)35-26)12-16(17)13-24(36-27)41-15-22-21(30)6-7-37(22)2/h3-5,12-14,21-22H,1,6-11,15H2,2H3,(H2,34,35)/t21-,22+/m0/s1. The molecule has 2 atom stereocenters. The van der Waals surface area contributed by atoms with Gasteiger partial charge in [-0.25, -0.2) is 9.37 Å². The van der Waals surface area contributed by atoms with Gasteiger partial charge in [0.05, 0.1) is 22.3 Å². The van der Waals surface area contributed by atoms with Crippen molar-refractivity contribution in [3.8, 4) is 17.1 Å². The minimum atomic E-state index is -4.69. The average molecular weight is 593 g/mol. The average Bonchev–Trinajstić information content (AvgIpc) is 3.26. The van der Waals surface area contributed by atoms with Crippen LogP contribution in [-0.4, -0.2) is 84.3 Å². The van der Waals surface area contributed by atoms with Gasteiger partial charge in [0.15, 0.2) is 0 Å². The van der Waals surface area contributed by atoms with E-state index in [1.165, 1.54) is 12.1 Å². The zero-order chi connectivity index (χ0) is 29.5. The van der Waals surface area contributed by atoms with E-state index in [1.807, 2.05) is 16.8 Å². The van der Waals surface area contributed by atoms with Gasteiger partial charge < -0.3 is 20.3 Å². The fraction of sp³-hybridized carbons (Fsp3) is 0.393. The molecule has 1 amide bonds. The van der Waals surface area contributed by atoms with E-state index in [1.54, 1.807) is 17.0 Å². The summed E-state index contributed by atoms with van der Waals surface area (Å²) in [5, 5.41) is 1.11. The van der Waals surface area contributed by atoms with Crippen molar-refractivity contribution in [3.63, 3.8) is 0 Å². The molecule has 4 heterocycles. The molecule has 2 aromatic heterocycles. The van der Waals surface area contributed by atoms with Crippen molar-refractivity contribution in [3.05, 3.63) is 53.6 Å². The van der Waals surface area contributed by atoms with E-state index in [0.29, 0.717) is 55.7 Å². The largest absolute Gasteiger partial charge is 0.476 e. The number of anilines is 2. The van der Waals surface area contributed by atoms with Gasteiger partial charge in [0, 0.05) is 49.7 Å². The predicted octanol–water partition coefficient (Wildman–Crippen LogP) is 4.81. The number of carbonyl (C=O) groups excluding carboxylic acids is 1. The number of likely N-dealkylation sites (tertiary alicyclic amines) is 1. The third kappa shape index (κ3) is 5.89. The molecule has 0 saturated carbocycles. The van der Waals surface area contributed by atoms with Crippen LogP contribution >= 0.6 is 11.6 Å². The number of nitrogen functional groups attached to an aromatic ring is 1. The maximum atomic E-state index is 14.4. The van der Waals surface area contributed by atoms with Crippen molar-refractivity contribution >= 4 is 39.9 Å². The van der Waals surface area contributed by atoms with E-state index < -0.39 is 29.6 Å². The highest BCUT2D eigenvalue weighted by Crippen LogP contribution is 2.42. The number of aromatic nitrogens is 2. The molecule has 0 radical (unpaired) electrons. The van der Waals surface area contributed by atoms with Crippen LogP contribution in [0.5, 0.6) is 5.88 Å². The Balaban J connectivity index is 1.59. The number of pyridine rings is 2. The van der Waals surface area contributed by atoms with Crippen LogP contribution in [0.4, 0.5) is 29.2 Å². The number of hydrogen-bond donors (Lipinski definition) is 1. The number of halogens is 5. The summed E-state index contributed by atoms with van der Waals surface area (Å²) in [7, 11) is 1.82. The molecule has 0 bridgehead atoms. The number of rotatable bonds is 6. The molecule has 2 fully saturated rings. The number of likely N-dealkylation sites (N-methyl/N-ethyl adjacent to an activating group) is 1. The highest BCUT2D eigenvalue weighted by atomic mass is 35.5. The summed E-state index contributed by atoms with van der Waals surface area (Å²) in [6.07, 6.45) is -4.07. The van der Waals surface area contributed by atoms with Crippen LogP contribution in [0.25, 0.3) is 22.0 Å². The van der Waals surface area contributed by atoms with Crippen molar-refractivity contribution in [2.75, 3.05) is 57.0 Å². The second-order valence-electron chi connectivity index (χ2n) is 10.1. The second-order valence-corrected chi connectivity index (χ2v) is 10.6. The first-order valence-corrected chi connectivity index (χ1v) is 13.5. The monoisotopic (exact) mass is 592 g/mol. The van der Waals surface area contributed by atoms with E-state index in [0.717, 1.165) is 12.1 Å². The minimum absolute atomic E-state index is 0.0335. The number of alkyl halides is 4. The highest BCUT2D eigenvalue weighted by molar-refractivity contribution is 6.34. The van der Waals surface area contributed by atoms with E-state index in [2.05, 4.69) is 11.6 Å². The molecule has 2 aliphatic rings. The number of nitrogens with zero attached hydrogens (tertiary/aromatic N) is 5. The van der Waals surface area contributed by atoms with Crippen molar-refractivity contribution in [2.45, 2.75) is 24.8 Å². The van der Waals surface area contributed by atoms with Gasteiger partial charge in [0.25, 0.3) is 0 Å². The summed E-state index contributed by atoms with van der Waals surface area (Å²) in [6, 6.07) is 6.16. The number of fused-ring (bicyclic) bond motifs is 1. The summed E-state index contributed by atoms with van der Waals surface area (Å²) >= 11 is 6.59. The van der Waals surface area contributed by atoms with Crippen LogP contribution in [0.15, 0.2) is 43.0 Å². The van der Waals surface area contributed by atoms with Gasteiger partial charge >= 0.3 is 6.18 Å². The van der Waals surface area contributed by atoms with Crippen LogP contribution in [0.3, 0.4) is 0 Å². The summed E-state index contributed by atoms with van der Waals surface area (Å²) < 4.78 is 62.0. The summed E-state index contributed by atoms with van der Waals surface area (Å²) in [6.45, 7) is 5.92. The summed E-state index contributed by atoms with van der Waals surface area (Å²) in [5.74, 6) is 0.417. The van der Waals surface area contributed by atoms with Crippen LogP contribution < -0.4 is 15.4 Å². The molecule has 41 heavy (non-hydrogen) atoms. The molecular formula is C28H29ClF4N6O2. The highest BCUT2D eigenvalue weighted by Gasteiger charge is 2.36. The molecule has 2 N–H and O–H groups in total. The Labute approximate surface area is 239 Å². The third-order valence-electron chi connectivity index (χ3n) is 7.56. The molecule has 0 aliphatic carbocycles. The maximum Gasteiger partial charge on any atom is 0.418 e. The van der Waals surface area contributed by atoms with Crippen LogP contribution in [0, 0.1) is 0 Å². The van der Waals surface area contributed by atoms with Crippen LogP contribution in [0.1, 0.15) is 12.0 Å². The number of amides is 1. The molecule has 1 aromatic carbocycles. The summed E-state index contributed by atoms with van der Waals surface area (Å²) in [5.41, 5.74) is 4.43. The Morgan fingerprint density at radius 1 is 1.17 bits per heavy atom. The van der Waals surface area contributed by atoms with Gasteiger partial charge in [-0.05, 0) is 49.2 Å². The molecule has 13 heteroatoms. The SMILES string of the molecule is C=CC(=O)N1CCN(c2nc(OC[C@@H]3[C@@H](F)CCN3C)cc3cc(-c4nc(N)ccc4C(F)(F)F)c(Cl)cc23)CC1. The molecular weight excluding hydrogens is 564 g/mol. The van der Waals surface area contributed by atoms with Gasteiger partial charge in [-0.1, -0.05) is 18.2 Å². The van der Waals surface area contributed by atoms with Gasteiger partial charge in [-0.3, -0.25) is 9.69 Å². The van der Waals surface area contributed by atoms with E-state index in [-0.39, 0.29) is 34.8 Å². The number of carbonyl (C=O) groups is 1. The second kappa shape index (κ2) is 11.3. The fourth-order valence-corrected chi connectivity index (χ4v) is 5.52. The van der Waals surface area contributed by atoms with Crippen molar-refractivity contribution in [1.29, 1.82) is 0 Å². The van der Waals surface area contributed by atoms with Gasteiger partial charge in [-0.2, -0.15) is 18.2 Å². The Bertz CT molecular complexity index is 1470. The van der Waals surface area contributed by atoms with E-state index in [4.69, 9.17) is 27.1 Å². The topological polar surface area (TPSA) is 87.8 Å². The first-order valence-electron chi connectivity index (χ1n) is 13.1. The zero-order valence-corrected chi connectivity index (χ0v) is 23.1.